The van der Waals surface area contributed by atoms with Crippen LogP contribution in [-0.4, -0.2) is 16.5 Å². The van der Waals surface area contributed by atoms with Crippen LogP contribution in [0.3, 0.4) is 0 Å². The Morgan fingerprint density at radius 2 is 1.76 bits per heavy atom. The van der Waals surface area contributed by atoms with E-state index < -0.39 is 11.7 Å². The van der Waals surface area contributed by atoms with Crippen molar-refractivity contribution in [2.45, 2.75) is 45.3 Å². The fraction of sp³-hybridized carbons (Fsp3) is 0.320. The molecule has 170 valence electrons. The molecule has 0 atom stereocenters. The molecule has 1 aromatic heterocycles. The summed E-state index contributed by atoms with van der Waals surface area (Å²) in [6.07, 6.45) is -2.54. The topological polar surface area (TPSA) is 64.8 Å². The molecule has 0 spiro atoms. The van der Waals surface area contributed by atoms with Gasteiger partial charge in [-0.15, -0.1) is 0 Å². The van der Waals surface area contributed by atoms with E-state index in [2.05, 4.69) is 48.2 Å². The molecule has 2 heterocycles. The van der Waals surface area contributed by atoms with E-state index in [-0.39, 0.29) is 11.0 Å². The minimum absolute atomic E-state index is 0.0630. The van der Waals surface area contributed by atoms with Crippen molar-refractivity contribution >= 4 is 17.2 Å². The number of fused-ring (bicyclic) bond motifs is 1. The molecule has 1 N–H and O–H groups in total. The molecule has 0 fully saturated rings. The summed E-state index contributed by atoms with van der Waals surface area (Å²) in [6, 6.07) is 13.6. The molecular weight excluding hydrogens is 427 g/mol. The van der Waals surface area contributed by atoms with E-state index in [9.17, 15) is 13.2 Å². The van der Waals surface area contributed by atoms with Gasteiger partial charge in [0.25, 0.3) is 0 Å². The Morgan fingerprint density at radius 1 is 1.03 bits per heavy atom. The summed E-state index contributed by atoms with van der Waals surface area (Å²) in [5, 5.41) is 12.4. The molecule has 1 aliphatic heterocycles. The SMILES string of the molecule is CC(C)(C)c1ccc(Nc2ncnc3c2CCN(c2ccc(C#N)c(C(F)(F)F)c2)C3)cc1. The molecular formula is C25H24F3N5. The second-order valence-electron chi connectivity index (χ2n) is 9.11. The van der Waals surface area contributed by atoms with Gasteiger partial charge in [-0.25, -0.2) is 9.97 Å². The summed E-state index contributed by atoms with van der Waals surface area (Å²) in [5.41, 5.74) is 3.04. The van der Waals surface area contributed by atoms with Crippen molar-refractivity contribution in [2.24, 2.45) is 0 Å². The van der Waals surface area contributed by atoms with Crippen molar-refractivity contribution in [1.29, 1.82) is 5.26 Å². The number of rotatable bonds is 3. The van der Waals surface area contributed by atoms with Gasteiger partial charge in [0, 0.05) is 23.5 Å². The average molecular weight is 451 g/mol. The van der Waals surface area contributed by atoms with E-state index in [0.29, 0.717) is 31.0 Å². The van der Waals surface area contributed by atoms with Gasteiger partial charge in [0.15, 0.2) is 0 Å². The highest BCUT2D eigenvalue weighted by molar-refractivity contribution is 5.62. The standard InChI is InChI=1S/C25H24F3N5/c1-24(2,3)17-5-7-18(8-6-17)32-23-20-10-11-33(14-22(20)30-15-31-23)19-9-4-16(13-29)21(12-19)25(26,27)28/h4-9,12,15H,10-11,14H2,1-3H3,(H,30,31,32). The molecule has 3 aromatic rings. The second kappa shape index (κ2) is 8.39. The van der Waals surface area contributed by atoms with Crippen LogP contribution in [0.5, 0.6) is 0 Å². The number of alkyl halides is 3. The number of nitrogens with zero attached hydrogens (tertiary/aromatic N) is 4. The average Bonchev–Trinajstić information content (AvgIpc) is 2.77. The Kier molecular flexibility index (Phi) is 5.75. The first-order chi connectivity index (χ1) is 15.6. The van der Waals surface area contributed by atoms with Crippen LogP contribution >= 0.6 is 0 Å². The minimum atomic E-state index is -4.59. The van der Waals surface area contributed by atoms with Crippen LogP contribution in [0.4, 0.5) is 30.4 Å². The normalized spacial score (nSPS) is 13.9. The molecule has 33 heavy (non-hydrogen) atoms. The smallest absolute Gasteiger partial charge is 0.365 e. The number of hydrogen-bond donors (Lipinski definition) is 1. The lowest BCUT2D eigenvalue weighted by molar-refractivity contribution is -0.137. The number of nitrogens with one attached hydrogen (secondary N) is 1. The first-order valence-electron chi connectivity index (χ1n) is 10.6. The van der Waals surface area contributed by atoms with Gasteiger partial charge in [-0.05, 0) is 47.7 Å². The van der Waals surface area contributed by atoms with Crippen molar-refractivity contribution in [3.05, 3.63) is 76.7 Å². The number of benzene rings is 2. The summed E-state index contributed by atoms with van der Waals surface area (Å²) in [5.74, 6) is 0.707. The van der Waals surface area contributed by atoms with E-state index in [4.69, 9.17) is 5.26 Å². The lowest BCUT2D eigenvalue weighted by Crippen LogP contribution is -2.32. The molecule has 8 heteroatoms. The van der Waals surface area contributed by atoms with Gasteiger partial charge in [0.05, 0.1) is 29.4 Å². The van der Waals surface area contributed by atoms with Gasteiger partial charge in [0.1, 0.15) is 12.1 Å². The third kappa shape index (κ3) is 4.77. The summed E-state index contributed by atoms with van der Waals surface area (Å²) >= 11 is 0. The lowest BCUT2D eigenvalue weighted by Gasteiger charge is -2.31. The Bertz CT molecular complexity index is 1200. The molecule has 0 radical (unpaired) electrons. The Morgan fingerprint density at radius 3 is 2.39 bits per heavy atom. The van der Waals surface area contributed by atoms with Crippen LogP contribution in [0, 0.1) is 11.3 Å². The largest absolute Gasteiger partial charge is 0.417 e. The van der Waals surface area contributed by atoms with Crippen molar-refractivity contribution in [2.75, 3.05) is 16.8 Å². The summed E-state index contributed by atoms with van der Waals surface area (Å²) in [4.78, 5) is 10.6. The monoisotopic (exact) mass is 451 g/mol. The van der Waals surface area contributed by atoms with Crippen molar-refractivity contribution in [3.8, 4) is 6.07 Å². The van der Waals surface area contributed by atoms with Crippen LogP contribution in [0.25, 0.3) is 0 Å². The first kappa shape index (κ1) is 22.6. The van der Waals surface area contributed by atoms with E-state index in [1.807, 2.05) is 17.0 Å². The van der Waals surface area contributed by atoms with Crippen molar-refractivity contribution < 1.29 is 13.2 Å². The van der Waals surface area contributed by atoms with Gasteiger partial charge in [-0.1, -0.05) is 32.9 Å². The minimum Gasteiger partial charge on any atom is -0.365 e. The maximum atomic E-state index is 13.4. The fourth-order valence-electron chi connectivity index (χ4n) is 3.93. The van der Waals surface area contributed by atoms with Gasteiger partial charge in [0.2, 0.25) is 0 Å². The highest BCUT2D eigenvalue weighted by Gasteiger charge is 2.34. The van der Waals surface area contributed by atoms with Gasteiger partial charge >= 0.3 is 6.18 Å². The predicted octanol–water partition coefficient (Wildman–Crippen LogP) is 5.97. The quantitative estimate of drug-likeness (QED) is 0.531. The zero-order chi connectivity index (χ0) is 23.8. The molecule has 0 saturated heterocycles. The van der Waals surface area contributed by atoms with E-state index in [1.54, 1.807) is 12.1 Å². The third-order valence-corrected chi connectivity index (χ3v) is 5.81. The molecule has 0 aliphatic carbocycles. The number of hydrogen-bond acceptors (Lipinski definition) is 5. The van der Waals surface area contributed by atoms with Gasteiger partial charge in [-0.2, -0.15) is 18.4 Å². The summed E-state index contributed by atoms with van der Waals surface area (Å²) in [6.45, 7) is 7.36. The van der Waals surface area contributed by atoms with Crippen molar-refractivity contribution in [1.82, 2.24) is 9.97 Å². The molecule has 1 aliphatic rings. The molecule has 0 saturated carbocycles. The Balaban J connectivity index is 1.57. The molecule has 0 bridgehead atoms. The highest BCUT2D eigenvalue weighted by Crippen LogP contribution is 2.36. The predicted molar refractivity (Wildman–Crippen MR) is 121 cm³/mol. The van der Waals surface area contributed by atoms with E-state index >= 15 is 0 Å². The first-order valence-corrected chi connectivity index (χ1v) is 10.6. The molecule has 2 aromatic carbocycles. The maximum Gasteiger partial charge on any atom is 0.417 e. The maximum absolute atomic E-state index is 13.4. The van der Waals surface area contributed by atoms with E-state index in [0.717, 1.165) is 23.0 Å². The number of nitriles is 1. The second-order valence-corrected chi connectivity index (χ2v) is 9.11. The number of aromatic nitrogens is 2. The van der Waals surface area contributed by atoms with Gasteiger partial charge < -0.3 is 10.2 Å². The summed E-state index contributed by atoms with van der Waals surface area (Å²) < 4.78 is 40.1. The van der Waals surface area contributed by atoms with E-state index in [1.165, 1.54) is 18.0 Å². The molecule has 5 nitrogen and oxygen atoms in total. The zero-order valence-electron chi connectivity index (χ0n) is 18.7. The van der Waals surface area contributed by atoms with Crippen LogP contribution in [0.1, 0.15) is 48.7 Å². The van der Waals surface area contributed by atoms with Crippen LogP contribution in [0.15, 0.2) is 48.8 Å². The lowest BCUT2D eigenvalue weighted by atomic mass is 9.87. The van der Waals surface area contributed by atoms with Crippen LogP contribution in [-0.2, 0) is 24.6 Å². The Hall–Kier alpha value is -3.60. The highest BCUT2D eigenvalue weighted by atomic mass is 19.4. The fourth-order valence-corrected chi connectivity index (χ4v) is 3.93. The molecule has 4 rings (SSSR count). The van der Waals surface area contributed by atoms with Crippen LogP contribution < -0.4 is 10.2 Å². The third-order valence-electron chi connectivity index (χ3n) is 5.81. The van der Waals surface area contributed by atoms with Crippen molar-refractivity contribution in [3.63, 3.8) is 0 Å². The molecule has 0 amide bonds. The van der Waals surface area contributed by atoms with Crippen LogP contribution in [0.2, 0.25) is 0 Å². The number of anilines is 3. The van der Waals surface area contributed by atoms with Gasteiger partial charge in [-0.3, -0.25) is 0 Å². The molecule has 0 unspecified atom stereocenters. The summed E-state index contributed by atoms with van der Waals surface area (Å²) in [7, 11) is 0. The zero-order valence-corrected chi connectivity index (χ0v) is 18.7. The number of halogens is 3. The Labute approximate surface area is 190 Å².